The molecule has 272 valence electrons. The molecule has 7 nitrogen and oxygen atoms in total. The lowest BCUT2D eigenvalue weighted by atomic mass is 9.91. The van der Waals surface area contributed by atoms with Gasteiger partial charge in [0.15, 0.2) is 0 Å². The SMILES string of the molecule is CCCCCCCCC(CCCCCC)COC(=O)CCCCCN(CCCCCC(=O)O)CCN(CCCN(C)C)C1CCC1. The van der Waals surface area contributed by atoms with E-state index in [4.69, 9.17) is 9.84 Å². The van der Waals surface area contributed by atoms with E-state index in [1.165, 1.54) is 109 Å². The normalized spacial score (nSPS) is 14.3. The number of aliphatic carboxylic acids is 1. The Labute approximate surface area is 285 Å². The molecule has 1 saturated carbocycles. The van der Waals surface area contributed by atoms with Crippen molar-refractivity contribution in [2.24, 2.45) is 5.92 Å². The first-order valence-corrected chi connectivity index (χ1v) is 19.8. The van der Waals surface area contributed by atoms with Crippen molar-refractivity contribution < 1.29 is 19.4 Å². The van der Waals surface area contributed by atoms with Crippen LogP contribution in [0.5, 0.6) is 0 Å². The Hall–Kier alpha value is -1.18. The molecule has 0 saturated heterocycles. The molecule has 7 heteroatoms. The fourth-order valence-electron chi connectivity index (χ4n) is 6.66. The van der Waals surface area contributed by atoms with Crippen LogP contribution in [-0.2, 0) is 14.3 Å². The molecule has 0 aromatic rings. The van der Waals surface area contributed by atoms with Crippen LogP contribution in [0.4, 0.5) is 0 Å². The number of hydrogen-bond acceptors (Lipinski definition) is 6. The first-order chi connectivity index (χ1) is 22.3. The van der Waals surface area contributed by atoms with Gasteiger partial charge in [0.2, 0.25) is 0 Å². The molecule has 1 rings (SSSR count). The molecule has 0 bridgehead atoms. The first kappa shape index (κ1) is 42.8. The number of carboxylic acid groups (broad SMARTS) is 1. The number of rotatable bonds is 34. The highest BCUT2D eigenvalue weighted by Gasteiger charge is 2.24. The van der Waals surface area contributed by atoms with E-state index in [1.54, 1.807) is 0 Å². The number of carbonyl (C=O) groups excluding carboxylic acids is 1. The molecular formula is C39H77N3O4. The molecule has 0 spiro atoms. The highest BCUT2D eigenvalue weighted by molar-refractivity contribution is 5.69. The Morgan fingerprint density at radius 1 is 0.652 bits per heavy atom. The third-order valence-electron chi connectivity index (χ3n) is 9.98. The van der Waals surface area contributed by atoms with Crippen molar-refractivity contribution in [2.45, 2.75) is 174 Å². The zero-order chi connectivity index (χ0) is 33.7. The Kier molecular flexibility index (Phi) is 27.9. The summed E-state index contributed by atoms with van der Waals surface area (Å²) in [6.07, 6.45) is 27.4. The number of carbonyl (C=O) groups is 2. The molecule has 0 aromatic heterocycles. The van der Waals surface area contributed by atoms with Gasteiger partial charge in [-0.05, 0) is 104 Å². The minimum absolute atomic E-state index is 0.00865. The van der Waals surface area contributed by atoms with Crippen molar-refractivity contribution in [3.63, 3.8) is 0 Å². The van der Waals surface area contributed by atoms with Gasteiger partial charge in [-0.2, -0.15) is 0 Å². The third kappa shape index (κ3) is 24.9. The zero-order valence-electron chi connectivity index (χ0n) is 31.1. The molecule has 0 aliphatic heterocycles. The second kappa shape index (κ2) is 29.9. The lowest BCUT2D eigenvalue weighted by molar-refractivity contribution is -0.145. The molecule has 0 radical (unpaired) electrons. The van der Waals surface area contributed by atoms with Gasteiger partial charge in [0.05, 0.1) is 6.61 Å². The number of esters is 1. The topological polar surface area (TPSA) is 73.3 Å². The molecule has 0 heterocycles. The second-order valence-corrected chi connectivity index (χ2v) is 14.6. The maximum absolute atomic E-state index is 12.6. The molecule has 1 fully saturated rings. The highest BCUT2D eigenvalue weighted by Crippen LogP contribution is 2.25. The van der Waals surface area contributed by atoms with Crippen molar-refractivity contribution in [1.82, 2.24) is 14.7 Å². The molecule has 1 unspecified atom stereocenters. The summed E-state index contributed by atoms with van der Waals surface area (Å²) in [7, 11) is 4.31. The van der Waals surface area contributed by atoms with Crippen LogP contribution in [0.2, 0.25) is 0 Å². The molecule has 46 heavy (non-hydrogen) atoms. The quantitative estimate of drug-likeness (QED) is 0.0549. The van der Waals surface area contributed by atoms with Gasteiger partial charge in [-0.3, -0.25) is 14.5 Å². The minimum atomic E-state index is -0.690. The fraction of sp³-hybridized carbons (Fsp3) is 0.949. The van der Waals surface area contributed by atoms with Gasteiger partial charge in [0.1, 0.15) is 0 Å². The average molecular weight is 652 g/mol. The van der Waals surface area contributed by atoms with Crippen LogP contribution in [0.1, 0.15) is 168 Å². The number of hydrogen-bond donors (Lipinski definition) is 1. The van der Waals surface area contributed by atoms with Crippen molar-refractivity contribution in [1.29, 1.82) is 0 Å². The molecule has 1 N–H and O–H groups in total. The van der Waals surface area contributed by atoms with E-state index in [-0.39, 0.29) is 12.4 Å². The van der Waals surface area contributed by atoms with Crippen LogP contribution in [0, 0.1) is 5.92 Å². The maximum Gasteiger partial charge on any atom is 0.305 e. The number of carboxylic acids is 1. The number of unbranched alkanes of at least 4 members (excludes halogenated alkanes) is 12. The number of ether oxygens (including phenoxy) is 1. The molecule has 1 aliphatic rings. The first-order valence-electron chi connectivity index (χ1n) is 19.8. The van der Waals surface area contributed by atoms with E-state index in [2.05, 4.69) is 42.6 Å². The molecule has 1 atom stereocenters. The largest absolute Gasteiger partial charge is 0.481 e. The van der Waals surface area contributed by atoms with Gasteiger partial charge in [0.25, 0.3) is 0 Å². The lowest BCUT2D eigenvalue weighted by Gasteiger charge is -2.39. The van der Waals surface area contributed by atoms with E-state index in [0.717, 1.165) is 77.3 Å². The van der Waals surface area contributed by atoms with Gasteiger partial charge in [-0.1, -0.05) is 97.3 Å². The van der Waals surface area contributed by atoms with Crippen LogP contribution in [0.15, 0.2) is 0 Å². The average Bonchev–Trinajstić information content (AvgIpc) is 2.99. The van der Waals surface area contributed by atoms with Crippen LogP contribution in [0.25, 0.3) is 0 Å². The van der Waals surface area contributed by atoms with Crippen molar-refractivity contribution in [3.8, 4) is 0 Å². The maximum atomic E-state index is 12.6. The van der Waals surface area contributed by atoms with Crippen molar-refractivity contribution in [3.05, 3.63) is 0 Å². The third-order valence-corrected chi connectivity index (χ3v) is 9.98. The van der Waals surface area contributed by atoms with Crippen LogP contribution >= 0.6 is 0 Å². The highest BCUT2D eigenvalue weighted by atomic mass is 16.5. The molecular weight excluding hydrogens is 574 g/mol. The Bertz CT molecular complexity index is 715. The summed E-state index contributed by atoms with van der Waals surface area (Å²) < 4.78 is 5.83. The number of nitrogens with zero attached hydrogens (tertiary/aromatic N) is 3. The summed E-state index contributed by atoms with van der Waals surface area (Å²) in [5.74, 6) is -0.173. The Morgan fingerprint density at radius 3 is 1.78 bits per heavy atom. The standard InChI is InChI=1S/C39H77N3O4/c1-5-7-9-11-12-16-24-36(23-15-10-8-6-2)35-46-39(45)28-18-14-20-31-41(30-19-13-17-27-38(43)44)33-34-42(37-25-21-26-37)32-22-29-40(3)4/h36-37H,5-35H2,1-4H3,(H,43,44). The summed E-state index contributed by atoms with van der Waals surface area (Å²) >= 11 is 0. The summed E-state index contributed by atoms with van der Waals surface area (Å²) in [4.78, 5) is 31.2. The van der Waals surface area contributed by atoms with Crippen LogP contribution in [0.3, 0.4) is 0 Å². The fourth-order valence-corrected chi connectivity index (χ4v) is 6.66. The van der Waals surface area contributed by atoms with Gasteiger partial charge in [-0.25, -0.2) is 0 Å². The van der Waals surface area contributed by atoms with Crippen molar-refractivity contribution >= 4 is 11.9 Å². The van der Waals surface area contributed by atoms with E-state index < -0.39 is 5.97 Å². The summed E-state index contributed by atoms with van der Waals surface area (Å²) in [6, 6.07) is 0.757. The van der Waals surface area contributed by atoms with Gasteiger partial charge in [0, 0.05) is 32.0 Å². The van der Waals surface area contributed by atoms with Gasteiger partial charge in [-0.15, -0.1) is 0 Å². The minimum Gasteiger partial charge on any atom is -0.481 e. The monoisotopic (exact) mass is 652 g/mol. The zero-order valence-corrected chi connectivity index (χ0v) is 31.1. The van der Waals surface area contributed by atoms with Crippen molar-refractivity contribution in [2.75, 3.05) is 60.0 Å². The lowest BCUT2D eigenvalue weighted by Crippen LogP contribution is -2.45. The predicted molar refractivity (Wildman–Crippen MR) is 195 cm³/mol. The molecule has 0 aromatic carbocycles. The van der Waals surface area contributed by atoms with Gasteiger partial charge >= 0.3 is 11.9 Å². The molecule has 1 aliphatic carbocycles. The van der Waals surface area contributed by atoms with E-state index in [1.807, 2.05) is 0 Å². The van der Waals surface area contributed by atoms with E-state index in [9.17, 15) is 9.59 Å². The van der Waals surface area contributed by atoms with Crippen LogP contribution in [-0.4, -0.2) is 97.8 Å². The van der Waals surface area contributed by atoms with Gasteiger partial charge < -0.3 is 19.6 Å². The summed E-state index contributed by atoms with van der Waals surface area (Å²) in [6.45, 7) is 11.8. The predicted octanol–water partition coefficient (Wildman–Crippen LogP) is 9.18. The summed E-state index contributed by atoms with van der Waals surface area (Å²) in [5, 5.41) is 8.99. The molecule has 0 amide bonds. The Balaban J connectivity index is 2.42. The Morgan fingerprint density at radius 2 is 1.22 bits per heavy atom. The smallest absolute Gasteiger partial charge is 0.305 e. The van der Waals surface area contributed by atoms with Crippen LogP contribution < -0.4 is 0 Å². The summed E-state index contributed by atoms with van der Waals surface area (Å²) in [5.41, 5.74) is 0. The second-order valence-electron chi connectivity index (χ2n) is 14.6. The van der Waals surface area contributed by atoms with E-state index in [0.29, 0.717) is 18.9 Å². The van der Waals surface area contributed by atoms with E-state index >= 15 is 0 Å².